The number of benzene rings is 2. The van der Waals surface area contributed by atoms with Gasteiger partial charge in [-0.25, -0.2) is 0 Å². The Morgan fingerprint density at radius 1 is 1.17 bits per heavy atom. The molecule has 0 saturated carbocycles. The van der Waals surface area contributed by atoms with Gasteiger partial charge in [-0.3, -0.25) is 0 Å². The first-order valence-corrected chi connectivity index (χ1v) is 7.97. The summed E-state index contributed by atoms with van der Waals surface area (Å²) >= 11 is 0. The molecule has 2 aromatic rings. The van der Waals surface area contributed by atoms with E-state index in [1.54, 1.807) is 0 Å². The highest BCUT2D eigenvalue weighted by molar-refractivity contribution is 5.63. The normalized spacial score (nSPS) is 17.1. The second kappa shape index (κ2) is 5.96. The molecule has 3 rings (SSSR count). The maximum atomic E-state index is 9.20. The van der Waals surface area contributed by atoms with Gasteiger partial charge in [-0.1, -0.05) is 57.2 Å². The lowest BCUT2D eigenvalue weighted by atomic mass is 9.86. The summed E-state index contributed by atoms with van der Waals surface area (Å²) in [5, 5.41) is 9.20. The van der Waals surface area contributed by atoms with Gasteiger partial charge in [0.1, 0.15) is 18.4 Å². The third kappa shape index (κ3) is 3.17. The van der Waals surface area contributed by atoms with E-state index in [-0.39, 0.29) is 11.5 Å². The van der Waals surface area contributed by atoms with Crippen molar-refractivity contribution in [1.29, 1.82) is 5.26 Å². The van der Waals surface area contributed by atoms with Crippen molar-refractivity contribution in [3.05, 3.63) is 59.7 Å². The van der Waals surface area contributed by atoms with Crippen LogP contribution in [-0.2, 0) is 5.41 Å². The molecule has 3 heteroatoms. The van der Waals surface area contributed by atoms with Gasteiger partial charge in [0.2, 0.25) is 0 Å². The van der Waals surface area contributed by atoms with E-state index in [2.05, 4.69) is 56.0 Å². The van der Waals surface area contributed by atoms with Gasteiger partial charge in [-0.15, -0.1) is 0 Å². The van der Waals surface area contributed by atoms with Crippen molar-refractivity contribution < 1.29 is 4.74 Å². The van der Waals surface area contributed by atoms with E-state index < -0.39 is 0 Å². The third-order valence-corrected chi connectivity index (χ3v) is 4.25. The first-order chi connectivity index (χ1) is 11.0. The lowest BCUT2D eigenvalue weighted by Crippen LogP contribution is -2.35. The number of anilines is 1. The second-order valence-corrected chi connectivity index (χ2v) is 6.99. The van der Waals surface area contributed by atoms with Gasteiger partial charge >= 0.3 is 0 Å². The number of nitrogens with zero attached hydrogens (tertiary/aromatic N) is 2. The summed E-state index contributed by atoms with van der Waals surface area (Å²) in [6.45, 7) is 7.64. The predicted molar refractivity (Wildman–Crippen MR) is 92.8 cm³/mol. The van der Waals surface area contributed by atoms with Crippen molar-refractivity contribution in [2.24, 2.45) is 0 Å². The maximum Gasteiger partial charge on any atom is 0.143 e. The van der Waals surface area contributed by atoms with E-state index in [0.717, 1.165) is 17.0 Å². The zero-order valence-corrected chi connectivity index (χ0v) is 13.9. The molecule has 3 nitrogen and oxygen atoms in total. The number of hydrogen-bond acceptors (Lipinski definition) is 3. The Hall–Kier alpha value is -2.47. The van der Waals surface area contributed by atoms with Gasteiger partial charge in [-0.05, 0) is 28.7 Å². The zero-order valence-electron chi connectivity index (χ0n) is 13.9. The molecule has 0 aliphatic carbocycles. The summed E-state index contributed by atoms with van der Waals surface area (Å²) < 4.78 is 6.21. The highest BCUT2D eigenvalue weighted by atomic mass is 16.5. The quantitative estimate of drug-likeness (QED) is 0.769. The molecule has 0 saturated heterocycles. The minimum atomic E-state index is -0.0439. The molecule has 0 spiro atoms. The standard InChI is InChI=1S/C20H22N2O/c1-20(2,3)16-9-10-18-17(13-16)22(12-11-21)14-19(23-18)15-7-5-4-6-8-15/h4-10,13,19H,12,14H2,1-3H3. The fourth-order valence-electron chi connectivity index (χ4n) is 2.90. The molecule has 1 heterocycles. The van der Waals surface area contributed by atoms with Crippen molar-refractivity contribution in [3.63, 3.8) is 0 Å². The van der Waals surface area contributed by atoms with E-state index in [1.807, 2.05) is 24.3 Å². The Bertz CT molecular complexity index is 726. The van der Waals surface area contributed by atoms with Crippen LogP contribution in [0.2, 0.25) is 0 Å². The smallest absolute Gasteiger partial charge is 0.143 e. The average Bonchev–Trinajstić information content (AvgIpc) is 2.54. The molecule has 0 bridgehead atoms. The first kappa shape index (κ1) is 15.4. The molecule has 1 aliphatic heterocycles. The Labute approximate surface area is 138 Å². The van der Waals surface area contributed by atoms with Gasteiger partial charge in [-0.2, -0.15) is 5.26 Å². The molecular weight excluding hydrogens is 284 g/mol. The molecule has 23 heavy (non-hydrogen) atoms. The molecule has 0 fully saturated rings. The van der Waals surface area contributed by atoms with Crippen LogP contribution in [0, 0.1) is 11.3 Å². The number of fused-ring (bicyclic) bond motifs is 1. The van der Waals surface area contributed by atoms with Crippen molar-refractivity contribution in [2.75, 3.05) is 18.0 Å². The minimum absolute atomic E-state index is 0.0439. The predicted octanol–water partition coefficient (Wildman–Crippen LogP) is 4.45. The average molecular weight is 306 g/mol. The largest absolute Gasteiger partial charge is 0.482 e. The Balaban J connectivity index is 1.99. The monoisotopic (exact) mass is 306 g/mol. The van der Waals surface area contributed by atoms with Crippen molar-refractivity contribution in [2.45, 2.75) is 32.3 Å². The van der Waals surface area contributed by atoms with Crippen LogP contribution in [0.5, 0.6) is 5.75 Å². The first-order valence-electron chi connectivity index (χ1n) is 7.97. The fourth-order valence-corrected chi connectivity index (χ4v) is 2.90. The lowest BCUT2D eigenvalue weighted by molar-refractivity contribution is 0.198. The summed E-state index contributed by atoms with van der Waals surface area (Å²) in [7, 11) is 0. The van der Waals surface area contributed by atoms with Crippen LogP contribution in [0.4, 0.5) is 5.69 Å². The van der Waals surface area contributed by atoms with E-state index in [1.165, 1.54) is 5.56 Å². The summed E-state index contributed by atoms with van der Waals surface area (Å²) in [4.78, 5) is 2.12. The fraction of sp³-hybridized carbons (Fsp3) is 0.350. The number of rotatable bonds is 2. The summed E-state index contributed by atoms with van der Waals surface area (Å²) in [5.41, 5.74) is 3.48. The van der Waals surface area contributed by atoms with Crippen molar-refractivity contribution in [3.8, 4) is 11.8 Å². The van der Waals surface area contributed by atoms with E-state index in [9.17, 15) is 5.26 Å². The molecule has 0 amide bonds. The summed E-state index contributed by atoms with van der Waals surface area (Å²) in [6, 6.07) is 18.8. The van der Waals surface area contributed by atoms with Crippen molar-refractivity contribution >= 4 is 5.69 Å². The summed E-state index contributed by atoms with van der Waals surface area (Å²) in [6.07, 6.45) is -0.0439. The molecule has 118 valence electrons. The van der Waals surface area contributed by atoms with Crippen LogP contribution >= 0.6 is 0 Å². The molecular formula is C20H22N2O. The second-order valence-electron chi connectivity index (χ2n) is 6.99. The molecule has 0 aromatic heterocycles. The molecule has 0 N–H and O–H groups in total. The van der Waals surface area contributed by atoms with Crippen LogP contribution in [0.3, 0.4) is 0 Å². The SMILES string of the molecule is CC(C)(C)c1ccc2c(c1)N(CC#N)CC(c1ccccc1)O2. The number of hydrogen-bond donors (Lipinski definition) is 0. The number of ether oxygens (including phenoxy) is 1. The van der Waals surface area contributed by atoms with Crippen molar-refractivity contribution in [1.82, 2.24) is 0 Å². The molecule has 1 aliphatic rings. The van der Waals surface area contributed by atoms with E-state index in [4.69, 9.17) is 4.74 Å². The number of nitriles is 1. The van der Waals surface area contributed by atoms with Gasteiger partial charge in [0, 0.05) is 0 Å². The Morgan fingerprint density at radius 2 is 1.91 bits per heavy atom. The van der Waals surface area contributed by atoms with Gasteiger partial charge in [0.15, 0.2) is 0 Å². The molecule has 0 radical (unpaired) electrons. The van der Waals surface area contributed by atoms with Crippen LogP contribution in [-0.4, -0.2) is 13.1 Å². The summed E-state index contributed by atoms with van der Waals surface area (Å²) in [5.74, 6) is 0.855. The van der Waals surface area contributed by atoms with Gasteiger partial charge < -0.3 is 9.64 Å². The topological polar surface area (TPSA) is 36.3 Å². The minimum Gasteiger partial charge on any atom is -0.482 e. The van der Waals surface area contributed by atoms with Gasteiger partial charge in [0.25, 0.3) is 0 Å². The maximum absolute atomic E-state index is 9.20. The van der Waals surface area contributed by atoms with Gasteiger partial charge in [0.05, 0.1) is 18.3 Å². The van der Waals surface area contributed by atoms with Crippen LogP contribution < -0.4 is 9.64 Å². The van der Waals surface area contributed by atoms with Crippen LogP contribution in [0.15, 0.2) is 48.5 Å². The highest BCUT2D eigenvalue weighted by Crippen LogP contribution is 2.40. The van der Waals surface area contributed by atoms with E-state index in [0.29, 0.717) is 13.1 Å². The molecule has 1 unspecified atom stereocenters. The lowest BCUT2D eigenvalue weighted by Gasteiger charge is -2.36. The van der Waals surface area contributed by atoms with E-state index >= 15 is 0 Å². The molecule has 1 atom stereocenters. The highest BCUT2D eigenvalue weighted by Gasteiger charge is 2.28. The molecule has 2 aromatic carbocycles. The van der Waals surface area contributed by atoms with Crippen LogP contribution in [0.1, 0.15) is 38.0 Å². The third-order valence-electron chi connectivity index (χ3n) is 4.25. The Kier molecular flexibility index (Phi) is 4.00. The zero-order chi connectivity index (χ0) is 16.4. The van der Waals surface area contributed by atoms with Crippen LogP contribution in [0.25, 0.3) is 0 Å². The Morgan fingerprint density at radius 3 is 2.57 bits per heavy atom.